The minimum Gasteiger partial charge on any atom is -0.396 e. The van der Waals surface area contributed by atoms with Crippen LogP contribution in [0.25, 0.3) is 0 Å². The van der Waals surface area contributed by atoms with Crippen LogP contribution in [0.2, 0.25) is 0 Å². The zero-order valence-electron chi connectivity index (χ0n) is 10.7. The van der Waals surface area contributed by atoms with Gasteiger partial charge in [0.05, 0.1) is 6.04 Å². The van der Waals surface area contributed by atoms with Gasteiger partial charge >= 0.3 is 0 Å². The largest absolute Gasteiger partial charge is 0.396 e. The highest BCUT2D eigenvalue weighted by Crippen LogP contribution is 2.04. The first-order valence-electron chi connectivity index (χ1n) is 6.11. The Morgan fingerprint density at radius 3 is 2.50 bits per heavy atom. The summed E-state index contributed by atoms with van der Waals surface area (Å²) in [6, 6.07) is -0.393. The Balaban J connectivity index is 3.57. The predicted octanol–water partition coefficient (Wildman–Crippen LogP) is 0.885. The monoisotopic (exact) mass is 230 g/mol. The Bertz CT molecular complexity index is 195. The molecule has 4 heteroatoms. The summed E-state index contributed by atoms with van der Waals surface area (Å²) in [7, 11) is 0. The quantitative estimate of drug-likeness (QED) is 0.542. The van der Waals surface area contributed by atoms with Crippen LogP contribution in [0.3, 0.4) is 0 Å². The highest BCUT2D eigenvalue weighted by Gasteiger charge is 2.13. The zero-order chi connectivity index (χ0) is 12.6. The van der Waals surface area contributed by atoms with E-state index in [1.165, 1.54) is 0 Å². The van der Waals surface area contributed by atoms with Gasteiger partial charge in [0.25, 0.3) is 0 Å². The molecule has 4 nitrogen and oxygen atoms in total. The van der Waals surface area contributed by atoms with Crippen molar-refractivity contribution in [2.45, 2.75) is 46.1 Å². The van der Waals surface area contributed by atoms with E-state index in [4.69, 9.17) is 10.8 Å². The molecule has 2 atom stereocenters. The van der Waals surface area contributed by atoms with E-state index in [-0.39, 0.29) is 12.5 Å². The first-order chi connectivity index (χ1) is 7.47. The number of aliphatic hydroxyl groups is 1. The minimum atomic E-state index is -0.393. The van der Waals surface area contributed by atoms with Gasteiger partial charge in [-0.2, -0.15) is 0 Å². The van der Waals surface area contributed by atoms with Crippen LogP contribution >= 0.6 is 0 Å². The molecule has 16 heavy (non-hydrogen) atoms. The summed E-state index contributed by atoms with van der Waals surface area (Å²) in [5, 5.41) is 11.6. The van der Waals surface area contributed by atoms with Crippen molar-refractivity contribution in [3.8, 4) is 0 Å². The van der Waals surface area contributed by atoms with Crippen LogP contribution in [-0.2, 0) is 4.79 Å². The van der Waals surface area contributed by atoms with Gasteiger partial charge in [-0.05, 0) is 31.1 Å². The molecule has 0 aromatic heterocycles. The molecule has 0 saturated heterocycles. The van der Waals surface area contributed by atoms with Crippen LogP contribution in [0.5, 0.6) is 0 Å². The first-order valence-corrected chi connectivity index (χ1v) is 6.11. The number of hydrogen-bond donors (Lipinski definition) is 3. The molecule has 0 radical (unpaired) electrons. The van der Waals surface area contributed by atoms with E-state index in [1.54, 1.807) is 0 Å². The number of rotatable bonds is 8. The zero-order valence-corrected chi connectivity index (χ0v) is 10.7. The summed E-state index contributed by atoms with van der Waals surface area (Å²) < 4.78 is 0. The second kappa shape index (κ2) is 8.53. The van der Waals surface area contributed by atoms with Crippen molar-refractivity contribution < 1.29 is 9.90 Å². The summed E-state index contributed by atoms with van der Waals surface area (Å²) in [4.78, 5) is 11.5. The summed E-state index contributed by atoms with van der Waals surface area (Å²) in [6.45, 7) is 6.95. The van der Waals surface area contributed by atoms with Crippen molar-refractivity contribution in [3.05, 3.63) is 0 Å². The summed E-state index contributed by atoms with van der Waals surface area (Å²) in [5.74, 6) is 0.682. The second-order valence-corrected chi connectivity index (χ2v) is 4.96. The van der Waals surface area contributed by atoms with E-state index in [0.717, 1.165) is 19.3 Å². The maximum atomic E-state index is 11.5. The Kier molecular flexibility index (Phi) is 8.21. The topological polar surface area (TPSA) is 75.4 Å². The lowest BCUT2D eigenvalue weighted by atomic mass is 10.0. The van der Waals surface area contributed by atoms with Crippen molar-refractivity contribution in [3.63, 3.8) is 0 Å². The molecular weight excluding hydrogens is 204 g/mol. The fourth-order valence-corrected chi connectivity index (χ4v) is 1.50. The van der Waals surface area contributed by atoms with Crippen molar-refractivity contribution in [2.75, 3.05) is 13.2 Å². The average Bonchev–Trinajstić information content (AvgIpc) is 2.22. The van der Waals surface area contributed by atoms with Crippen molar-refractivity contribution in [1.82, 2.24) is 5.32 Å². The van der Waals surface area contributed by atoms with Gasteiger partial charge < -0.3 is 16.2 Å². The van der Waals surface area contributed by atoms with Crippen LogP contribution in [0.15, 0.2) is 0 Å². The molecule has 0 spiro atoms. The highest BCUT2D eigenvalue weighted by atomic mass is 16.3. The van der Waals surface area contributed by atoms with Gasteiger partial charge in [0.1, 0.15) is 0 Å². The number of amides is 1. The molecule has 0 aromatic rings. The Morgan fingerprint density at radius 2 is 2.00 bits per heavy atom. The third-order valence-electron chi connectivity index (χ3n) is 2.55. The van der Waals surface area contributed by atoms with E-state index in [0.29, 0.717) is 18.4 Å². The number of carbonyl (C=O) groups excluding carboxylic acids is 1. The Labute approximate surface area is 98.6 Å². The maximum Gasteiger partial charge on any atom is 0.236 e. The van der Waals surface area contributed by atoms with Crippen LogP contribution in [-0.4, -0.2) is 30.2 Å². The summed E-state index contributed by atoms with van der Waals surface area (Å²) >= 11 is 0. The average molecular weight is 230 g/mol. The van der Waals surface area contributed by atoms with Gasteiger partial charge in [-0.1, -0.05) is 20.8 Å². The third-order valence-corrected chi connectivity index (χ3v) is 2.55. The van der Waals surface area contributed by atoms with Crippen molar-refractivity contribution in [2.24, 2.45) is 17.6 Å². The number of carbonyl (C=O) groups is 1. The van der Waals surface area contributed by atoms with E-state index < -0.39 is 6.04 Å². The summed E-state index contributed by atoms with van der Waals surface area (Å²) in [6.07, 6.45) is 2.54. The lowest BCUT2D eigenvalue weighted by Gasteiger charge is -2.14. The highest BCUT2D eigenvalue weighted by molar-refractivity contribution is 5.81. The molecule has 0 bridgehead atoms. The van der Waals surface area contributed by atoms with Crippen molar-refractivity contribution in [1.29, 1.82) is 0 Å². The van der Waals surface area contributed by atoms with Crippen LogP contribution < -0.4 is 11.1 Å². The number of hydrogen-bond acceptors (Lipinski definition) is 3. The number of nitrogens with two attached hydrogens (primary N) is 1. The van der Waals surface area contributed by atoms with Crippen molar-refractivity contribution >= 4 is 5.91 Å². The minimum absolute atomic E-state index is 0.0645. The van der Waals surface area contributed by atoms with E-state index >= 15 is 0 Å². The third kappa shape index (κ3) is 7.65. The van der Waals surface area contributed by atoms with Crippen LogP contribution in [0.1, 0.15) is 40.0 Å². The second-order valence-electron chi connectivity index (χ2n) is 4.96. The van der Waals surface area contributed by atoms with E-state index in [9.17, 15) is 4.79 Å². The smallest absolute Gasteiger partial charge is 0.236 e. The fraction of sp³-hybridized carbons (Fsp3) is 0.917. The Morgan fingerprint density at radius 1 is 1.38 bits per heavy atom. The maximum absolute atomic E-state index is 11.5. The molecule has 4 N–H and O–H groups in total. The SMILES string of the molecule is CC(C)C[C@@H](N)C(=O)NCCCC(C)CO. The molecule has 1 unspecified atom stereocenters. The molecule has 96 valence electrons. The molecule has 0 fully saturated rings. The van der Waals surface area contributed by atoms with Gasteiger partial charge in [-0.15, -0.1) is 0 Å². The molecule has 0 rings (SSSR count). The van der Waals surface area contributed by atoms with E-state index in [2.05, 4.69) is 19.2 Å². The number of aliphatic hydroxyl groups excluding tert-OH is 1. The lowest BCUT2D eigenvalue weighted by molar-refractivity contribution is -0.122. The molecule has 0 heterocycles. The van der Waals surface area contributed by atoms with Crippen LogP contribution in [0, 0.1) is 11.8 Å². The number of nitrogens with one attached hydrogen (secondary N) is 1. The summed E-state index contributed by atoms with van der Waals surface area (Å²) in [5.41, 5.74) is 5.73. The van der Waals surface area contributed by atoms with Gasteiger partial charge in [0.2, 0.25) is 5.91 Å². The van der Waals surface area contributed by atoms with Crippen LogP contribution in [0.4, 0.5) is 0 Å². The van der Waals surface area contributed by atoms with Gasteiger partial charge in [0, 0.05) is 13.2 Å². The molecule has 0 saturated carbocycles. The standard InChI is InChI=1S/C12H26N2O2/c1-9(2)7-11(13)12(16)14-6-4-5-10(3)8-15/h9-11,15H,4-8,13H2,1-3H3,(H,14,16)/t10?,11-/m1/s1. The molecule has 0 aliphatic rings. The van der Waals surface area contributed by atoms with Gasteiger partial charge in [0.15, 0.2) is 0 Å². The van der Waals surface area contributed by atoms with Gasteiger partial charge in [-0.3, -0.25) is 4.79 Å². The first kappa shape index (κ1) is 15.4. The molecule has 0 aliphatic heterocycles. The normalized spacial score (nSPS) is 14.9. The lowest BCUT2D eigenvalue weighted by Crippen LogP contribution is -2.41. The molecule has 0 aromatic carbocycles. The molecular formula is C12H26N2O2. The van der Waals surface area contributed by atoms with E-state index in [1.807, 2.05) is 6.92 Å². The molecule has 1 amide bonds. The molecule has 0 aliphatic carbocycles. The van der Waals surface area contributed by atoms with Gasteiger partial charge in [-0.25, -0.2) is 0 Å². The fourth-order valence-electron chi connectivity index (χ4n) is 1.50. The predicted molar refractivity (Wildman–Crippen MR) is 65.9 cm³/mol. The Hall–Kier alpha value is -0.610.